The largest absolute Gasteiger partial charge is 0.461 e. The summed E-state index contributed by atoms with van der Waals surface area (Å²) in [6.07, 6.45) is 4.89. The van der Waals surface area contributed by atoms with Gasteiger partial charge in [0.25, 0.3) is 0 Å². The number of H-pyrrole nitrogens is 1. The minimum absolute atomic E-state index is 0.239. The molecule has 1 aliphatic rings. The van der Waals surface area contributed by atoms with Gasteiger partial charge in [-0.05, 0) is 19.4 Å². The number of hydrogen-bond acceptors (Lipinski definition) is 4. The van der Waals surface area contributed by atoms with Crippen molar-refractivity contribution in [2.45, 2.75) is 32.0 Å². The second kappa shape index (κ2) is 5.83. The van der Waals surface area contributed by atoms with E-state index in [1.54, 1.807) is 7.11 Å². The van der Waals surface area contributed by atoms with Gasteiger partial charge in [-0.2, -0.15) is 0 Å². The maximum absolute atomic E-state index is 5.91. The Morgan fingerprint density at radius 1 is 1.39 bits per heavy atom. The Labute approximate surface area is 135 Å². The van der Waals surface area contributed by atoms with Crippen LogP contribution >= 0.6 is 0 Å². The van der Waals surface area contributed by atoms with Gasteiger partial charge in [-0.3, -0.25) is 4.90 Å². The molecule has 1 fully saturated rings. The van der Waals surface area contributed by atoms with Crippen molar-refractivity contribution in [3.63, 3.8) is 0 Å². The Bertz CT molecular complexity index is 794. The van der Waals surface area contributed by atoms with Crippen LogP contribution in [-0.2, 0) is 11.3 Å². The highest BCUT2D eigenvalue weighted by molar-refractivity contribution is 5.82. The van der Waals surface area contributed by atoms with Gasteiger partial charge in [-0.15, -0.1) is 0 Å². The predicted octanol–water partition coefficient (Wildman–Crippen LogP) is 3.43. The number of rotatable bonds is 4. The summed E-state index contributed by atoms with van der Waals surface area (Å²) in [5.41, 5.74) is 2.21. The molecule has 1 aliphatic heterocycles. The van der Waals surface area contributed by atoms with E-state index in [1.807, 2.05) is 31.5 Å². The first-order valence-corrected chi connectivity index (χ1v) is 7.99. The Hall–Kier alpha value is -2.11. The van der Waals surface area contributed by atoms with Crippen LogP contribution in [-0.4, -0.2) is 34.6 Å². The van der Waals surface area contributed by atoms with Crippen molar-refractivity contribution in [2.24, 2.45) is 0 Å². The quantitative estimate of drug-likeness (QED) is 0.802. The Kier molecular flexibility index (Phi) is 3.67. The van der Waals surface area contributed by atoms with Gasteiger partial charge < -0.3 is 14.1 Å². The third-order valence-corrected chi connectivity index (χ3v) is 4.79. The first-order chi connectivity index (χ1) is 11.3. The van der Waals surface area contributed by atoms with Crippen molar-refractivity contribution >= 4 is 11.0 Å². The van der Waals surface area contributed by atoms with Crippen molar-refractivity contribution < 1.29 is 9.15 Å². The van der Waals surface area contributed by atoms with Gasteiger partial charge in [-0.25, -0.2) is 4.98 Å². The zero-order chi connectivity index (χ0) is 15.8. The number of likely N-dealkylation sites (tertiary alicyclic amines) is 1. The zero-order valence-electron chi connectivity index (χ0n) is 13.5. The average molecular weight is 311 g/mol. The molecule has 1 N–H and O–H groups in total. The maximum atomic E-state index is 5.91. The molecule has 4 rings (SSSR count). The van der Waals surface area contributed by atoms with Gasteiger partial charge in [0.2, 0.25) is 0 Å². The molecule has 0 spiro atoms. The van der Waals surface area contributed by atoms with Crippen molar-refractivity contribution in [2.75, 3.05) is 13.7 Å². The third-order valence-electron chi connectivity index (χ3n) is 4.79. The number of hydrogen-bond donors (Lipinski definition) is 1. The maximum Gasteiger partial charge on any atom is 0.134 e. The summed E-state index contributed by atoms with van der Waals surface area (Å²) in [6, 6.07) is 8.48. The lowest BCUT2D eigenvalue weighted by atomic mass is 10.1. The fraction of sp³-hybridized carbons (Fsp3) is 0.389. The van der Waals surface area contributed by atoms with E-state index in [0.717, 1.165) is 36.7 Å². The van der Waals surface area contributed by atoms with E-state index >= 15 is 0 Å². The topological polar surface area (TPSA) is 54.3 Å². The van der Waals surface area contributed by atoms with Gasteiger partial charge in [0.1, 0.15) is 17.2 Å². The molecular formula is C18H21N3O2. The molecular weight excluding hydrogens is 290 g/mol. The minimum atomic E-state index is 0.239. The molecule has 0 saturated carbocycles. The predicted molar refractivity (Wildman–Crippen MR) is 88.1 cm³/mol. The van der Waals surface area contributed by atoms with E-state index in [2.05, 4.69) is 27.0 Å². The number of nitrogens with zero attached hydrogens (tertiary/aromatic N) is 2. The number of benzene rings is 1. The molecule has 5 heteroatoms. The fourth-order valence-electron chi connectivity index (χ4n) is 3.57. The highest BCUT2D eigenvalue weighted by Gasteiger charge is 2.35. The van der Waals surface area contributed by atoms with Gasteiger partial charge in [0.15, 0.2) is 0 Å². The standard InChI is InChI=1S/C18H21N3O2/c1-12-15(14-5-3-4-6-17(14)23-12)11-21-10-13(22-2)9-16(21)18-19-7-8-20-18/h3-8,13,16H,9-11H2,1-2H3,(H,19,20)/t13-,16?/m1/s1. The molecule has 0 aliphatic carbocycles. The molecule has 0 bridgehead atoms. The Balaban J connectivity index is 1.66. The summed E-state index contributed by atoms with van der Waals surface area (Å²) < 4.78 is 11.5. The lowest BCUT2D eigenvalue weighted by Gasteiger charge is -2.22. The number of para-hydroxylation sites is 1. The van der Waals surface area contributed by atoms with Crippen LogP contribution in [0.4, 0.5) is 0 Å². The lowest BCUT2D eigenvalue weighted by Crippen LogP contribution is -2.25. The number of aromatic amines is 1. The van der Waals surface area contributed by atoms with Crippen molar-refractivity contribution in [3.8, 4) is 0 Å². The van der Waals surface area contributed by atoms with E-state index in [-0.39, 0.29) is 12.1 Å². The van der Waals surface area contributed by atoms with Crippen LogP contribution in [0.3, 0.4) is 0 Å². The van der Waals surface area contributed by atoms with Crippen LogP contribution < -0.4 is 0 Å². The molecule has 23 heavy (non-hydrogen) atoms. The number of methoxy groups -OCH3 is 1. The summed E-state index contributed by atoms with van der Waals surface area (Å²) in [7, 11) is 1.78. The highest BCUT2D eigenvalue weighted by atomic mass is 16.5. The SMILES string of the molecule is CO[C@@H]1CC(c2ncc[nH]2)N(Cc2c(C)oc3ccccc23)C1. The summed E-state index contributed by atoms with van der Waals surface area (Å²) in [4.78, 5) is 10.1. The number of imidazole rings is 1. The molecule has 0 radical (unpaired) electrons. The van der Waals surface area contributed by atoms with E-state index < -0.39 is 0 Å². The van der Waals surface area contributed by atoms with Crippen LogP contribution in [0.25, 0.3) is 11.0 Å². The van der Waals surface area contributed by atoms with Crippen molar-refractivity contribution in [1.29, 1.82) is 0 Å². The van der Waals surface area contributed by atoms with E-state index in [0.29, 0.717) is 0 Å². The molecule has 1 saturated heterocycles. The van der Waals surface area contributed by atoms with Gasteiger partial charge in [0.05, 0.1) is 12.1 Å². The molecule has 2 atom stereocenters. The number of furan rings is 1. The normalized spacial score (nSPS) is 22.2. The monoisotopic (exact) mass is 311 g/mol. The lowest BCUT2D eigenvalue weighted by molar-refractivity contribution is 0.107. The van der Waals surface area contributed by atoms with Crippen LogP contribution in [0.15, 0.2) is 41.1 Å². The average Bonchev–Trinajstić information content (AvgIpc) is 3.27. The zero-order valence-corrected chi connectivity index (χ0v) is 13.5. The number of ether oxygens (including phenoxy) is 1. The summed E-state index contributed by atoms with van der Waals surface area (Å²) >= 11 is 0. The summed E-state index contributed by atoms with van der Waals surface area (Å²) in [5, 5.41) is 1.20. The molecule has 5 nitrogen and oxygen atoms in total. The van der Waals surface area contributed by atoms with Crippen LogP contribution in [0.2, 0.25) is 0 Å². The van der Waals surface area contributed by atoms with E-state index in [1.165, 1.54) is 10.9 Å². The molecule has 1 unspecified atom stereocenters. The number of nitrogens with one attached hydrogen (secondary N) is 1. The van der Waals surface area contributed by atoms with Crippen molar-refractivity contribution in [1.82, 2.24) is 14.9 Å². The molecule has 2 aromatic heterocycles. The minimum Gasteiger partial charge on any atom is -0.461 e. The Morgan fingerprint density at radius 3 is 3.04 bits per heavy atom. The first kappa shape index (κ1) is 14.5. The van der Waals surface area contributed by atoms with Gasteiger partial charge in [0, 0.05) is 43.5 Å². The van der Waals surface area contributed by atoms with E-state index in [4.69, 9.17) is 9.15 Å². The molecule has 0 amide bonds. The number of aryl methyl sites for hydroxylation is 1. The Morgan fingerprint density at radius 2 is 2.26 bits per heavy atom. The molecule has 3 aromatic rings. The van der Waals surface area contributed by atoms with Crippen LogP contribution in [0, 0.1) is 6.92 Å². The highest BCUT2D eigenvalue weighted by Crippen LogP contribution is 2.35. The number of fused-ring (bicyclic) bond motifs is 1. The second-order valence-electron chi connectivity index (χ2n) is 6.15. The fourth-order valence-corrected chi connectivity index (χ4v) is 3.57. The molecule has 1 aromatic carbocycles. The second-order valence-corrected chi connectivity index (χ2v) is 6.15. The van der Waals surface area contributed by atoms with Crippen LogP contribution in [0.1, 0.15) is 29.6 Å². The summed E-state index contributed by atoms with van der Waals surface area (Å²) in [6.45, 7) is 3.79. The smallest absolute Gasteiger partial charge is 0.134 e. The molecule has 3 heterocycles. The number of aromatic nitrogens is 2. The van der Waals surface area contributed by atoms with E-state index in [9.17, 15) is 0 Å². The summed E-state index contributed by atoms with van der Waals surface area (Å²) in [5.74, 6) is 2.00. The van der Waals surface area contributed by atoms with Crippen LogP contribution in [0.5, 0.6) is 0 Å². The van der Waals surface area contributed by atoms with Crippen molar-refractivity contribution in [3.05, 3.63) is 53.8 Å². The van der Waals surface area contributed by atoms with Gasteiger partial charge in [-0.1, -0.05) is 18.2 Å². The van der Waals surface area contributed by atoms with Gasteiger partial charge >= 0.3 is 0 Å². The third kappa shape index (κ3) is 2.56. The molecule has 120 valence electrons. The first-order valence-electron chi connectivity index (χ1n) is 7.99.